The van der Waals surface area contributed by atoms with Gasteiger partial charge in [-0.3, -0.25) is 4.90 Å². The van der Waals surface area contributed by atoms with Crippen molar-refractivity contribution >= 4 is 12.1 Å². The molecule has 1 heterocycles. The van der Waals surface area contributed by atoms with Gasteiger partial charge in [0, 0.05) is 6.54 Å². The summed E-state index contributed by atoms with van der Waals surface area (Å²) >= 11 is 0. The molecule has 1 fully saturated rings. The van der Waals surface area contributed by atoms with Crippen LogP contribution in [0.5, 0.6) is 0 Å². The van der Waals surface area contributed by atoms with E-state index < -0.39 is 6.04 Å². The molecule has 5 heteroatoms. The van der Waals surface area contributed by atoms with Crippen LogP contribution in [0, 0.1) is 5.92 Å². The van der Waals surface area contributed by atoms with Crippen LogP contribution < -0.4 is 0 Å². The Balaban J connectivity index is 2.32. The molecule has 24 heavy (non-hydrogen) atoms. The number of amides is 1. The summed E-state index contributed by atoms with van der Waals surface area (Å²) < 4.78 is 10.7. The maximum Gasteiger partial charge on any atom is 0.410 e. The van der Waals surface area contributed by atoms with Crippen molar-refractivity contribution < 1.29 is 19.1 Å². The van der Waals surface area contributed by atoms with Gasteiger partial charge in [-0.2, -0.15) is 0 Å². The van der Waals surface area contributed by atoms with Crippen molar-refractivity contribution in [1.29, 1.82) is 0 Å². The quantitative estimate of drug-likeness (QED) is 0.432. The average molecular weight is 341 g/mol. The number of nitrogens with zero attached hydrogens (tertiary/aromatic N) is 1. The fourth-order valence-corrected chi connectivity index (χ4v) is 2.87. The molecule has 1 aliphatic rings. The Labute approximate surface area is 147 Å². The van der Waals surface area contributed by atoms with E-state index in [9.17, 15) is 9.59 Å². The molecule has 1 atom stereocenters. The van der Waals surface area contributed by atoms with Crippen molar-refractivity contribution in [3.63, 3.8) is 0 Å². The first-order valence-corrected chi connectivity index (χ1v) is 9.66. The number of ether oxygens (including phenoxy) is 2. The fraction of sp³-hybridized carbons (Fsp3) is 0.895. The van der Waals surface area contributed by atoms with E-state index in [2.05, 4.69) is 6.92 Å². The summed E-state index contributed by atoms with van der Waals surface area (Å²) in [6.07, 6.45) is 9.11. The molecule has 0 aromatic carbocycles. The molecule has 0 bridgehead atoms. The van der Waals surface area contributed by atoms with Crippen LogP contribution in [0.4, 0.5) is 4.79 Å². The van der Waals surface area contributed by atoms with Crippen LogP contribution in [0.1, 0.15) is 78.6 Å². The third-order valence-electron chi connectivity index (χ3n) is 4.29. The molecule has 0 radical (unpaired) electrons. The second-order valence-electron chi connectivity index (χ2n) is 7.11. The predicted octanol–water partition coefficient (Wildman–Crippen LogP) is 4.54. The van der Waals surface area contributed by atoms with Gasteiger partial charge < -0.3 is 9.47 Å². The van der Waals surface area contributed by atoms with Crippen molar-refractivity contribution in [2.75, 3.05) is 19.8 Å². The highest BCUT2D eigenvalue weighted by Gasteiger charge is 2.34. The lowest BCUT2D eigenvalue weighted by Gasteiger charge is -2.33. The largest absolute Gasteiger partial charge is 0.464 e. The highest BCUT2D eigenvalue weighted by molar-refractivity contribution is 5.81. The molecular weight excluding hydrogens is 306 g/mol. The molecule has 1 amide bonds. The Bertz CT molecular complexity index is 370. The van der Waals surface area contributed by atoms with Gasteiger partial charge in [0.2, 0.25) is 0 Å². The first kappa shape index (κ1) is 20.8. The van der Waals surface area contributed by atoms with Crippen LogP contribution >= 0.6 is 0 Å². The lowest BCUT2D eigenvalue weighted by Crippen LogP contribution is -2.49. The molecule has 1 unspecified atom stereocenters. The Morgan fingerprint density at radius 3 is 2.46 bits per heavy atom. The second-order valence-corrected chi connectivity index (χ2v) is 7.11. The first-order valence-electron chi connectivity index (χ1n) is 9.66. The highest BCUT2D eigenvalue weighted by atomic mass is 16.6. The average Bonchev–Trinajstić information content (AvgIpc) is 2.58. The standard InChI is InChI=1S/C19H35NO4/c1-4-5-6-7-8-11-14-23-18(21)17-12-9-10-13-20(17)19(22)24-15-16(2)3/h16-17H,4-15H2,1-3H3. The lowest BCUT2D eigenvalue weighted by molar-refractivity contribution is -0.150. The summed E-state index contributed by atoms with van der Waals surface area (Å²) in [4.78, 5) is 26.1. The van der Waals surface area contributed by atoms with Gasteiger partial charge in [0.15, 0.2) is 0 Å². The van der Waals surface area contributed by atoms with Gasteiger partial charge in [0.1, 0.15) is 6.04 Å². The number of unbranched alkanes of at least 4 members (excludes halogenated alkanes) is 5. The Kier molecular flexibility index (Phi) is 10.5. The van der Waals surface area contributed by atoms with Crippen molar-refractivity contribution in [1.82, 2.24) is 4.90 Å². The van der Waals surface area contributed by atoms with Gasteiger partial charge in [0.05, 0.1) is 13.2 Å². The van der Waals surface area contributed by atoms with Crippen molar-refractivity contribution in [3.8, 4) is 0 Å². The van der Waals surface area contributed by atoms with Crippen LogP contribution in [0.2, 0.25) is 0 Å². The number of hydrogen-bond acceptors (Lipinski definition) is 4. The number of esters is 1. The zero-order chi connectivity index (χ0) is 17.8. The van der Waals surface area contributed by atoms with Crippen molar-refractivity contribution in [2.45, 2.75) is 84.6 Å². The van der Waals surface area contributed by atoms with Gasteiger partial charge in [-0.1, -0.05) is 52.9 Å². The molecule has 0 N–H and O–H groups in total. The van der Waals surface area contributed by atoms with Crippen LogP contribution in [-0.4, -0.2) is 42.8 Å². The molecule has 0 aromatic heterocycles. The summed E-state index contributed by atoms with van der Waals surface area (Å²) in [6.45, 7) is 7.61. The molecule has 1 saturated heterocycles. The van der Waals surface area contributed by atoms with Gasteiger partial charge in [0.25, 0.3) is 0 Å². The zero-order valence-electron chi connectivity index (χ0n) is 15.7. The van der Waals surface area contributed by atoms with Gasteiger partial charge in [-0.15, -0.1) is 0 Å². The van der Waals surface area contributed by atoms with Crippen LogP contribution in [0.25, 0.3) is 0 Å². The lowest BCUT2D eigenvalue weighted by atomic mass is 10.0. The van der Waals surface area contributed by atoms with E-state index >= 15 is 0 Å². The molecule has 5 nitrogen and oxygen atoms in total. The third kappa shape index (κ3) is 8.02. The topological polar surface area (TPSA) is 55.8 Å². The molecule has 0 aromatic rings. The third-order valence-corrected chi connectivity index (χ3v) is 4.29. The van der Waals surface area contributed by atoms with Gasteiger partial charge in [-0.25, -0.2) is 9.59 Å². The predicted molar refractivity (Wildman–Crippen MR) is 94.9 cm³/mol. The summed E-state index contributed by atoms with van der Waals surface area (Å²) in [5.74, 6) is 0.0154. The van der Waals surface area contributed by atoms with E-state index in [0.717, 1.165) is 25.7 Å². The Morgan fingerprint density at radius 2 is 1.75 bits per heavy atom. The summed E-state index contributed by atoms with van der Waals surface area (Å²) in [5, 5.41) is 0. The molecule has 140 valence electrons. The van der Waals surface area contributed by atoms with Gasteiger partial charge in [-0.05, 0) is 31.6 Å². The molecule has 0 spiro atoms. The minimum atomic E-state index is -0.474. The number of carbonyl (C=O) groups is 2. The maximum atomic E-state index is 12.3. The Hall–Kier alpha value is -1.26. The summed E-state index contributed by atoms with van der Waals surface area (Å²) in [6, 6.07) is -0.474. The highest BCUT2D eigenvalue weighted by Crippen LogP contribution is 2.20. The molecule has 1 aliphatic heterocycles. The minimum Gasteiger partial charge on any atom is -0.464 e. The maximum absolute atomic E-state index is 12.3. The van der Waals surface area contributed by atoms with Crippen molar-refractivity contribution in [2.24, 2.45) is 5.92 Å². The van der Waals surface area contributed by atoms with E-state index in [-0.39, 0.29) is 18.0 Å². The van der Waals surface area contributed by atoms with Crippen LogP contribution in [-0.2, 0) is 14.3 Å². The molecule has 1 rings (SSSR count). The molecule has 0 aliphatic carbocycles. The summed E-state index contributed by atoms with van der Waals surface area (Å²) in [7, 11) is 0. The van der Waals surface area contributed by atoms with E-state index in [0.29, 0.717) is 26.2 Å². The normalized spacial score (nSPS) is 17.8. The number of rotatable bonds is 10. The smallest absolute Gasteiger partial charge is 0.410 e. The van der Waals surface area contributed by atoms with Crippen LogP contribution in [0.3, 0.4) is 0 Å². The van der Waals surface area contributed by atoms with E-state index in [1.807, 2.05) is 13.8 Å². The van der Waals surface area contributed by atoms with E-state index in [1.165, 1.54) is 25.7 Å². The monoisotopic (exact) mass is 341 g/mol. The SMILES string of the molecule is CCCCCCCCOC(=O)C1CCCCN1C(=O)OCC(C)C. The van der Waals surface area contributed by atoms with Crippen molar-refractivity contribution in [3.05, 3.63) is 0 Å². The number of hydrogen-bond donors (Lipinski definition) is 0. The summed E-state index contributed by atoms with van der Waals surface area (Å²) in [5.41, 5.74) is 0. The fourth-order valence-electron chi connectivity index (χ4n) is 2.87. The van der Waals surface area contributed by atoms with Crippen LogP contribution in [0.15, 0.2) is 0 Å². The second kappa shape index (κ2) is 12.2. The zero-order valence-corrected chi connectivity index (χ0v) is 15.7. The van der Waals surface area contributed by atoms with Gasteiger partial charge >= 0.3 is 12.1 Å². The molecule has 0 saturated carbocycles. The van der Waals surface area contributed by atoms with E-state index in [4.69, 9.17) is 9.47 Å². The van der Waals surface area contributed by atoms with E-state index in [1.54, 1.807) is 4.90 Å². The first-order chi connectivity index (χ1) is 11.6. The molecular formula is C19H35NO4. The minimum absolute atomic E-state index is 0.273. The number of likely N-dealkylation sites (tertiary alicyclic amines) is 1. The number of carbonyl (C=O) groups excluding carboxylic acids is 2. The number of piperidine rings is 1. The Morgan fingerprint density at radius 1 is 1.04 bits per heavy atom.